The van der Waals surface area contributed by atoms with Crippen LogP contribution in [-0.4, -0.2) is 16.0 Å². The third-order valence-electron chi connectivity index (χ3n) is 4.74. The maximum absolute atomic E-state index is 13.9. The standard InChI is InChI=1S/C24H16Cl2FNO3S/c25-18-10-9-15(11-19(18)26)13-28-23(29)22(32-24(28)30)12-16-5-2-4-8-21(16)31-14-17-6-1-3-7-20(17)27/h1-12H,13-14H2/b22-12-. The van der Waals surface area contributed by atoms with Crippen LogP contribution in [0, 0.1) is 5.82 Å². The topological polar surface area (TPSA) is 46.6 Å². The number of ether oxygens (including phenoxy) is 1. The molecule has 32 heavy (non-hydrogen) atoms. The van der Waals surface area contributed by atoms with Crippen molar-refractivity contribution < 1.29 is 18.7 Å². The Balaban J connectivity index is 1.52. The Morgan fingerprint density at radius 3 is 2.50 bits per heavy atom. The molecule has 0 N–H and O–H groups in total. The predicted octanol–water partition coefficient (Wildman–Crippen LogP) is 6.95. The summed E-state index contributed by atoms with van der Waals surface area (Å²) in [7, 11) is 0. The zero-order valence-corrected chi connectivity index (χ0v) is 18.9. The molecule has 0 atom stereocenters. The minimum absolute atomic E-state index is 0.0380. The van der Waals surface area contributed by atoms with Gasteiger partial charge in [-0.3, -0.25) is 14.5 Å². The SMILES string of the molecule is O=C1S/C(=C\c2ccccc2OCc2ccccc2F)C(=O)N1Cc1ccc(Cl)c(Cl)c1. The Kier molecular flexibility index (Phi) is 6.84. The molecule has 1 fully saturated rings. The molecule has 1 saturated heterocycles. The number of halogens is 3. The van der Waals surface area contributed by atoms with E-state index >= 15 is 0 Å². The summed E-state index contributed by atoms with van der Waals surface area (Å²) in [5.41, 5.74) is 1.73. The second-order valence-corrected chi connectivity index (χ2v) is 8.74. The lowest BCUT2D eigenvalue weighted by atomic mass is 10.1. The number of nitrogens with zero attached hydrogens (tertiary/aromatic N) is 1. The fourth-order valence-electron chi connectivity index (χ4n) is 3.10. The molecule has 4 rings (SSSR count). The average molecular weight is 488 g/mol. The van der Waals surface area contributed by atoms with Gasteiger partial charge in [-0.05, 0) is 47.7 Å². The number of amides is 2. The monoisotopic (exact) mass is 487 g/mol. The summed E-state index contributed by atoms with van der Waals surface area (Å²) >= 11 is 12.8. The molecule has 0 radical (unpaired) electrons. The lowest BCUT2D eigenvalue weighted by molar-refractivity contribution is -0.123. The summed E-state index contributed by atoms with van der Waals surface area (Å²) in [4.78, 5) is 26.8. The van der Waals surface area contributed by atoms with Crippen molar-refractivity contribution in [1.82, 2.24) is 4.90 Å². The van der Waals surface area contributed by atoms with Gasteiger partial charge in [0.1, 0.15) is 18.2 Å². The van der Waals surface area contributed by atoms with Crippen molar-refractivity contribution >= 4 is 52.2 Å². The summed E-state index contributed by atoms with van der Waals surface area (Å²) in [6.45, 7) is 0.126. The van der Waals surface area contributed by atoms with Crippen LogP contribution in [0.4, 0.5) is 9.18 Å². The second-order valence-electron chi connectivity index (χ2n) is 6.93. The molecule has 0 bridgehead atoms. The van der Waals surface area contributed by atoms with Crippen LogP contribution >= 0.6 is 35.0 Å². The summed E-state index contributed by atoms with van der Waals surface area (Å²) in [5.74, 6) is -0.282. The molecular weight excluding hydrogens is 472 g/mol. The van der Waals surface area contributed by atoms with Crippen molar-refractivity contribution in [2.75, 3.05) is 0 Å². The highest BCUT2D eigenvalue weighted by molar-refractivity contribution is 8.18. The highest BCUT2D eigenvalue weighted by Gasteiger charge is 2.35. The van der Waals surface area contributed by atoms with Gasteiger partial charge in [-0.15, -0.1) is 0 Å². The normalized spacial score (nSPS) is 15.0. The van der Waals surface area contributed by atoms with Gasteiger partial charge >= 0.3 is 0 Å². The third-order valence-corrected chi connectivity index (χ3v) is 6.39. The van der Waals surface area contributed by atoms with E-state index in [1.165, 1.54) is 6.07 Å². The zero-order valence-electron chi connectivity index (χ0n) is 16.6. The highest BCUT2D eigenvalue weighted by Crippen LogP contribution is 2.35. The van der Waals surface area contributed by atoms with Gasteiger partial charge < -0.3 is 4.74 Å². The van der Waals surface area contributed by atoms with Crippen LogP contribution in [0.3, 0.4) is 0 Å². The number of carbonyl (C=O) groups is 2. The Bertz CT molecular complexity index is 1230. The molecule has 0 unspecified atom stereocenters. The van der Waals surface area contributed by atoms with Crippen LogP contribution in [0.1, 0.15) is 16.7 Å². The van der Waals surface area contributed by atoms with Crippen LogP contribution < -0.4 is 4.74 Å². The second kappa shape index (κ2) is 9.77. The van der Waals surface area contributed by atoms with E-state index in [2.05, 4.69) is 0 Å². The molecule has 4 nitrogen and oxygen atoms in total. The predicted molar refractivity (Wildman–Crippen MR) is 125 cm³/mol. The molecule has 0 saturated carbocycles. The first-order valence-electron chi connectivity index (χ1n) is 9.57. The van der Waals surface area contributed by atoms with Crippen molar-refractivity contribution in [2.45, 2.75) is 13.2 Å². The van der Waals surface area contributed by atoms with Crippen LogP contribution in [-0.2, 0) is 17.9 Å². The summed E-state index contributed by atoms with van der Waals surface area (Å²) < 4.78 is 19.7. The smallest absolute Gasteiger partial charge is 0.293 e. The van der Waals surface area contributed by atoms with E-state index in [9.17, 15) is 14.0 Å². The maximum Gasteiger partial charge on any atom is 0.293 e. The molecule has 1 aliphatic rings. The first-order chi connectivity index (χ1) is 15.4. The number of rotatable bonds is 6. The molecule has 2 amide bonds. The first kappa shape index (κ1) is 22.4. The van der Waals surface area contributed by atoms with E-state index in [4.69, 9.17) is 27.9 Å². The fraction of sp³-hybridized carbons (Fsp3) is 0.0833. The number of para-hydroxylation sites is 1. The number of hydrogen-bond acceptors (Lipinski definition) is 4. The third kappa shape index (κ3) is 4.99. The van der Waals surface area contributed by atoms with E-state index < -0.39 is 5.91 Å². The van der Waals surface area contributed by atoms with Gasteiger partial charge in [-0.25, -0.2) is 4.39 Å². The van der Waals surface area contributed by atoms with Gasteiger partial charge in [0, 0.05) is 11.1 Å². The van der Waals surface area contributed by atoms with Crippen LogP contribution in [0.5, 0.6) is 5.75 Å². The number of hydrogen-bond donors (Lipinski definition) is 0. The Hall–Kier alpha value is -2.80. The Morgan fingerprint density at radius 2 is 1.72 bits per heavy atom. The van der Waals surface area contributed by atoms with Crippen molar-refractivity contribution in [2.24, 2.45) is 0 Å². The average Bonchev–Trinajstić information content (AvgIpc) is 3.04. The molecule has 0 aliphatic carbocycles. The quantitative estimate of drug-likeness (QED) is 0.353. The van der Waals surface area contributed by atoms with E-state index in [-0.39, 0.29) is 29.1 Å². The largest absolute Gasteiger partial charge is 0.488 e. The first-order valence-corrected chi connectivity index (χ1v) is 11.1. The van der Waals surface area contributed by atoms with E-state index in [0.717, 1.165) is 16.7 Å². The maximum atomic E-state index is 13.9. The van der Waals surface area contributed by atoms with Crippen molar-refractivity contribution in [3.63, 3.8) is 0 Å². The summed E-state index contributed by atoms with van der Waals surface area (Å²) in [5, 5.41) is 0.376. The van der Waals surface area contributed by atoms with Gasteiger partial charge in [0.25, 0.3) is 11.1 Å². The molecule has 0 spiro atoms. The summed E-state index contributed by atoms with van der Waals surface area (Å²) in [6.07, 6.45) is 1.61. The molecule has 8 heteroatoms. The Labute approximate surface area is 198 Å². The lowest BCUT2D eigenvalue weighted by Gasteiger charge is -2.13. The minimum atomic E-state index is -0.407. The molecule has 3 aromatic rings. The lowest BCUT2D eigenvalue weighted by Crippen LogP contribution is -2.27. The van der Waals surface area contributed by atoms with Crippen LogP contribution in [0.2, 0.25) is 10.0 Å². The van der Waals surface area contributed by atoms with Crippen LogP contribution in [0.15, 0.2) is 71.6 Å². The van der Waals surface area contributed by atoms with E-state index in [1.54, 1.807) is 66.7 Å². The molecular formula is C24H16Cl2FNO3S. The number of imide groups is 1. The van der Waals surface area contributed by atoms with E-state index in [1.807, 2.05) is 0 Å². The van der Waals surface area contributed by atoms with Crippen molar-refractivity contribution in [3.8, 4) is 5.75 Å². The van der Waals surface area contributed by atoms with Crippen molar-refractivity contribution in [1.29, 1.82) is 0 Å². The number of carbonyl (C=O) groups excluding carboxylic acids is 2. The molecule has 3 aromatic carbocycles. The molecule has 162 valence electrons. The minimum Gasteiger partial charge on any atom is -0.488 e. The number of benzene rings is 3. The molecule has 1 aliphatic heterocycles. The number of thioether (sulfide) groups is 1. The fourth-order valence-corrected chi connectivity index (χ4v) is 4.25. The van der Waals surface area contributed by atoms with Crippen LogP contribution in [0.25, 0.3) is 6.08 Å². The highest BCUT2D eigenvalue weighted by atomic mass is 35.5. The van der Waals surface area contributed by atoms with Gasteiger partial charge in [0.15, 0.2) is 0 Å². The molecule has 0 aromatic heterocycles. The van der Waals surface area contributed by atoms with Crippen molar-refractivity contribution in [3.05, 3.63) is 104 Å². The summed E-state index contributed by atoms with van der Waals surface area (Å²) in [6, 6.07) is 18.4. The van der Waals surface area contributed by atoms with Gasteiger partial charge in [-0.1, -0.05) is 65.7 Å². The zero-order chi connectivity index (χ0) is 22.7. The van der Waals surface area contributed by atoms with Gasteiger partial charge in [0.05, 0.1) is 21.5 Å². The van der Waals surface area contributed by atoms with Gasteiger partial charge in [0.2, 0.25) is 0 Å². The Morgan fingerprint density at radius 1 is 0.969 bits per heavy atom. The molecule has 1 heterocycles. The van der Waals surface area contributed by atoms with E-state index in [0.29, 0.717) is 32.5 Å². The van der Waals surface area contributed by atoms with Gasteiger partial charge in [-0.2, -0.15) is 0 Å².